The highest BCUT2D eigenvalue weighted by atomic mass is 32.2. The molecule has 1 unspecified atom stereocenters. The lowest BCUT2D eigenvalue weighted by molar-refractivity contribution is -0.137. The average molecular weight is 387 g/mol. The third-order valence-corrected chi connectivity index (χ3v) is 4.75. The maximum atomic E-state index is 10.8. The fraction of sp³-hybridized carbons (Fsp3) is 0.706. The van der Waals surface area contributed by atoms with E-state index < -0.39 is 18.1 Å². The molecule has 26 heavy (non-hydrogen) atoms. The number of aliphatic carboxylic acids is 1. The highest BCUT2D eigenvalue weighted by Crippen LogP contribution is 2.19. The number of hydrogen-bond donors (Lipinski definition) is 3. The first kappa shape index (κ1) is 22.6. The van der Waals surface area contributed by atoms with Crippen molar-refractivity contribution < 1.29 is 19.7 Å². The van der Waals surface area contributed by atoms with Crippen molar-refractivity contribution in [3.8, 4) is 0 Å². The first-order valence-corrected chi connectivity index (χ1v) is 9.73. The molecular weight excluding hydrogens is 356 g/mol. The Bertz CT molecular complexity index is 565. The fourth-order valence-electron chi connectivity index (χ4n) is 2.08. The molecule has 1 rings (SSSR count). The summed E-state index contributed by atoms with van der Waals surface area (Å²) in [7, 11) is 0. The van der Waals surface area contributed by atoms with Crippen LogP contribution in [0.4, 0.5) is 0 Å². The third kappa shape index (κ3) is 8.31. The van der Waals surface area contributed by atoms with E-state index in [2.05, 4.69) is 30.6 Å². The van der Waals surface area contributed by atoms with Gasteiger partial charge in [0.15, 0.2) is 5.16 Å². The molecule has 1 aromatic heterocycles. The number of rotatable bonds is 14. The van der Waals surface area contributed by atoms with Crippen molar-refractivity contribution in [2.24, 2.45) is 11.7 Å². The largest absolute Gasteiger partial charge is 0.480 e. The van der Waals surface area contributed by atoms with Crippen LogP contribution in [0, 0.1) is 5.92 Å². The lowest BCUT2D eigenvalue weighted by atomic mass is 10.1. The summed E-state index contributed by atoms with van der Waals surface area (Å²) >= 11 is 1.25. The van der Waals surface area contributed by atoms with E-state index in [1.807, 2.05) is 4.57 Å². The number of carbonyl (C=O) groups is 1. The van der Waals surface area contributed by atoms with Crippen LogP contribution in [0.5, 0.6) is 0 Å². The number of hydrogen-bond acceptors (Lipinski definition) is 7. The van der Waals surface area contributed by atoms with Crippen LogP contribution in [-0.4, -0.2) is 62.1 Å². The molecule has 0 saturated carbocycles. The molecule has 0 fully saturated rings. The summed E-state index contributed by atoms with van der Waals surface area (Å²) in [5.41, 5.74) is 5.53. The van der Waals surface area contributed by atoms with Crippen LogP contribution < -0.4 is 5.73 Å². The summed E-state index contributed by atoms with van der Waals surface area (Å²) < 4.78 is 7.34. The Morgan fingerprint density at radius 1 is 1.42 bits per heavy atom. The molecule has 0 saturated heterocycles. The first-order chi connectivity index (χ1) is 12.3. The van der Waals surface area contributed by atoms with Crippen molar-refractivity contribution in [2.45, 2.75) is 57.0 Å². The maximum Gasteiger partial charge on any atom is 0.321 e. The van der Waals surface area contributed by atoms with Crippen LogP contribution in [0.1, 0.15) is 32.5 Å². The zero-order valence-corrected chi connectivity index (χ0v) is 16.3. The highest BCUT2D eigenvalue weighted by Gasteiger charge is 2.17. The molecule has 0 amide bonds. The molecule has 2 atom stereocenters. The van der Waals surface area contributed by atoms with Crippen LogP contribution in [0.3, 0.4) is 0 Å². The number of ether oxygens (including phenoxy) is 1. The van der Waals surface area contributed by atoms with Gasteiger partial charge >= 0.3 is 5.97 Å². The quantitative estimate of drug-likeness (QED) is 0.248. The summed E-state index contributed by atoms with van der Waals surface area (Å²) in [5.74, 6) is 0.456. The van der Waals surface area contributed by atoms with Crippen molar-refractivity contribution in [2.75, 3.05) is 19.0 Å². The number of allylic oxidation sites excluding steroid dienone is 1. The summed E-state index contributed by atoms with van der Waals surface area (Å²) in [6.45, 7) is 9.44. The lowest BCUT2D eigenvalue weighted by Gasteiger charge is -2.13. The summed E-state index contributed by atoms with van der Waals surface area (Å²) in [4.78, 5) is 10.8. The van der Waals surface area contributed by atoms with Crippen LogP contribution in [-0.2, 0) is 22.5 Å². The number of carboxylic acids is 1. The van der Waals surface area contributed by atoms with Gasteiger partial charge in [0.1, 0.15) is 11.9 Å². The molecule has 1 aromatic rings. The van der Waals surface area contributed by atoms with Gasteiger partial charge in [-0.05, 0) is 18.8 Å². The van der Waals surface area contributed by atoms with E-state index in [-0.39, 0.29) is 5.75 Å². The van der Waals surface area contributed by atoms with Crippen LogP contribution in [0.25, 0.3) is 0 Å². The molecule has 0 aliphatic heterocycles. The SMILES string of the molecule is C=CCn1c(CCC(O)COCCC(C)C)nnc1SC[C@@H](N)C(=O)O. The Kier molecular flexibility index (Phi) is 10.5. The van der Waals surface area contributed by atoms with Gasteiger partial charge in [0.05, 0.1) is 12.7 Å². The monoisotopic (exact) mass is 386 g/mol. The van der Waals surface area contributed by atoms with Gasteiger partial charge in [-0.15, -0.1) is 16.8 Å². The molecule has 0 bridgehead atoms. The van der Waals surface area contributed by atoms with Gasteiger partial charge in [0.2, 0.25) is 0 Å². The number of thioether (sulfide) groups is 1. The molecule has 9 heteroatoms. The van der Waals surface area contributed by atoms with Crippen molar-refractivity contribution in [1.29, 1.82) is 0 Å². The zero-order chi connectivity index (χ0) is 19.5. The van der Waals surface area contributed by atoms with Crippen LogP contribution in [0.2, 0.25) is 0 Å². The Morgan fingerprint density at radius 2 is 2.15 bits per heavy atom. The van der Waals surface area contributed by atoms with E-state index in [0.717, 1.165) is 12.2 Å². The van der Waals surface area contributed by atoms with Gasteiger partial charge < -0.3 is 25.3 Å². The molecule has 0 aliphatic carbocycles. The molecule has 8 nitrogen and oxygen atoms in total. The predicted molar refractivity (Wildman–Crippen MR) is 101 cm³/mol. The normalized spacial score (nSPS) is 13.7. The second-order valence-electron chi connectivity index (χ2n) is 6.50. The van der Waals surface area contributed by atoms with Gasteiger partial charge in [-0.3, -0.25) is 4.79 Å². The zero-order valence-electron chi connectivity index (χ0n) is 15.5. The van der Waals surface area contributed by atoms with E-state index in [1.54, 1.807) is 6.08 Å². The Labute approximate surface area is 158 Å². The van der Waals surface area contributed by atoms with E-state index >= 15 is 0 Å². The minimum Gasteiger partial charge on any atom is -0.480 e. The van der Waals surface area contributed by atoms with E-state index in [0.29, 0.717) is 43.7 Å². The molecule has 0 aromatic carbocycles. The molecule has 0 spiro atoms. The lowest BCUT2D eigenvalue weighted by Crippen LogP contribution is -2.32. The highest BCUT2D eigenvalue weighted by molar-refractivity contribution is 7.99. The van der Waals surface area contributed by atoms with Crippen molar-refractivity contribution in [3.05, 3.63) is 18.5 Å². The smallest absolute Gasteiger partial charge is 0.321 e. The number of aliphatic hydroxyl groups is 1. The van der Waals surface area contributed by atoms with Crippen LogP contribution in [0.15, 0.2) is 17.8 Å². The van der Waals surface area contributed by atoms with E-state index in [4.69, 9.17) is 15.6 Å². The molecule has 0 aliphatic rings. The number of nitrogens with two attached hydrogens (primary N) is 1. The number of aliphatic hydroxyl groups excluding tert-OH is 1. The van der Waals surface area contributed by atoms with Gasteiger partial charge in [0, 0.05) is 25.3 Å². The summed E-state index contributed by atoms with van der Waals surface area (Å²) in [5, 5.41) is 27.8. The topological polar surface area (TPSA) is 123 Å². The first-order valence-electron chi connectivity index (χ1n) is 8.75. The number of carboxylic acid groups (broad SMARTS) is 1. The maximum absolute atomic E-state index is 10.8. The fourth-order valence-corrected chi connectivity index (χ4v) is 2.98. The van der Waals surface area contributed by atoms with Gasteiger partial charge in [0.25, 0.3) is 0 Å². The van der Waals surface area contributed by atoms with Gasteiger partial charge in [-0.2, -0.15) is 0 Å². The number of nitrogens with zero attached hydrogens (tertiary/aromatic N) is 3. The standard InChI is InChI=1S/C17H30N4O4S/c1-4-8-21-15(6-5-13(22)10-25-9-7-12(2)3)19-20-17(21)26-11-14(18)16(23)24/h4,12-14,22H,1,5-11,18H2,2-3H3,(H,23,24)/t13?,14-/m1/s1. The Balaban J connectivity index is 2.52. The summed E-state index contributed by atoms with van der Waals surface area (Å²) in [6.07, 6.45) is 3.18. The third-order valence-electron chi connectivity index (χ3n) is 3.67. The van der Waals surface area contributed by atoms with Crippen molar-refractivity contribution in [1.82, 2.24) is 14.8 Å². The molecule has 1 heterocycles. The minimum atomic E-state index is -1.05. The van der Waals surface area contributed by atoms with E-state index in [9.17, 15) is 9.90 Å². The average Bonchev–Trinajstić information content (AvgIpc) is 2.96. The second-order valence-corrected chi connectivity index (χ2v) is 7.49. The molecule has 4 N–H and O–H groups in total. The molecule has 0 radical (unpaired) electrons. The Hall–Kier alpha value is -1.42. The van der Waals surface area contributed by atoms with Crippen molar-refractivity contribution in [3.63, 3.8) is 0 Å². The minimum absolute atomic E-state index is 0.205. The Morgan fingerprint density at radius 3 is 2.77 bits per heavy atom. The number of aryl methyl sites for hydroxylation is 1. The summed E-state index contributed by atoms with van der Waals surface area (Å²) in [6, 6.07) is -0.956. The van der Waals surface area contributed by atoms with Gasteiger partial charge in [-0.1, -0.05) is 31.7 Å². The predicted octanol–water partition coefficient (Wildman–Crippen LogP) is 1.32. The molecule has 148 valence electrons. The van der Waals surface area contributed by atoms with Gasteiger partial charge in [-0.25, -0.2) is 0 Å². The van der Waals surface area contributed by atoms with Crippen molar-refractivity contribution >= 4 is 17.7 Å². The number of aromatic nitrogens is 3. The second kappa shape index (κ2) is 12.1. The van der Waals surface area contributed by atoms with Crippen LogP contribution >= 0.6 is 11.8 Å². The molecular formula is C17H30N4O4S. The van der Waals surface area contributed by atoms with E-state index in [1.165, 1.54) is 11.8 Å².